The van der Waals surface area contributed by atoms with Gasteiger partial charge in [0.05, 0.1) is 6.10 Å². The van der Waals surface area contributed by atoms with Crippen LogP contribution in [0.4, 0.5) is 0 Å². The summed E-state index contributed by atoms with van der Waals surface area (Å²) in [5.74, 6) is 1.84. The Balaban J connectivity index is 2.22. The number of aliphatic hydroxyl groups is 1. The van der Waals surface area contributed by atoms with Gasteiger partial charge in [-0.2, -0.15) is 11.8 Å². The molecule has 0 amide bonds. The molecular weight excluding hydrogens is 232 g/mol. The summed E-state index contributed by atoms with van der Waals surface area (Å²) in [6.07, 6.45) is -0.244. The van der Waals surface area contributed by atoms with Crippen LogP contribution >= 0.6 is 11.8 Å². The van der Waals surface area contributed by atoms with Crippen LogP contribution in [0, 0.1) is 5.92 Å². The highest BCUT2D eigenvalue weighted by atomic mass is 32.2. The standard InChI is InChI=1S/C13H28N2OS/c1-10(2)7-14-8-13(16)9-15-5-6-17-12(4)11(15)3/h10-14,16H,5-9H2,1-4H3. The molecule has 2 N–H and O–H groups in total. The van der Waals surface area contributed by atoms with Crippen molar-refractivity contribution in [3.05, 3.63) is 0 Å². The van der Waals surface area contributed by atoms with Gasteiger partial charge < -0.3 is 10.4 Å². The van der Waals surface area contributed by atoms with Crippen molar-refractivity contribution in [1.82, 2.24) is 10.2 Å². The van der Waals surface area contributed by atoms with Crippen molar-refractivity contribution in [3.63, 3.8) is 0 Å². The minimum atomic E-state index is -0.244. The van der Waals surface area contributed by atoms with Crippen LogP contribution in [0.15, 0.2) is 0 Å². The van der Waals surface area contributed by atoms with Gasteiger partial charge in [0, 0.05) is 36.7 Å². The number of nitrogens with one attached hydrogen (secondary N) is 1. The van der Waals surface area contributed by atoms with E-state index in [0.717, 1.165) is 19.6 Å². The number of hydrogen-bond acceptors (Lipinski definition) is 4. The molecule has 0 aliphatic carbocycles. The van der Waals surface area contributed by atoms with Crippen LogP contribution in [-0.2, 0) is 0 Å². The molecule has 1 fully saturated rings. The number of β-amino-alcohol motifs (C(OH)–C–C–N with tert-alkyl or cyclic N) is 1. The van der Waals surface area contributed by atoms with Gasteiger partial charge in [0.2, 0.25) is 0 Å². The van der Waals surface area contributed by atoms with Crippen LogP contribution in [-0.4, -0.2) is 59.3 Å². The maximum Gasteiger partial charge on any atom is 0.0791 e. The van der Waals surface area contributed by atoms with E-state index >= 15 is 0 Å². The molecule has 17 heavy (non-hydrogen) atoms. The third-order valence-electron chi connectivity index (χ3n) is 3.39. The number of thioether (sulfide) groups is 1. The fraction of sp³-hybridized carbons (Fsp3) is 1.00. The summed E-state index contributed by atoms with van der Waals surface area (Å²) < 4.78 is 0. The first-order chi connectivity index (χ1) is 8.00. The Hall–Kier alpha value is 0.230. The summed E-state index contributed by atoms with van der Waals surface area (Å²) in [4.78, 5) is 2.42. The number of aliphatic hydroxyl groups excluding tert-OH is 1. The van der Waals surface area contributed by atoms with E-state index in [9.17, 15) is 5.11 Å². The second-order valence-electron chi connectivity index (χ2n) is 5.52. The first-order valence-electron chi connectivity index (χ1n) is 6.75. The molecule has 0 saturated carbocycles. The Morgan fingerprint density at radius 3 is 2.71 bits per heavy atom. The lowest BCUT2D eigenvalue weighted by Crippen LogP contribution is -2.49. The van der Waals surface area contributed by atoms with Gasteiger partial charge in [0.15, 0.2) is 0 Å². The highest BCUT2D eigenvalue weighted by molar-refractivity contribution is 8.00. The average molecular weight is 260 g/mol. The second kappa shape index (κ2) is 7.62. The average Bonchev–Trinajstić information content (AvgIpc) is 2.24. The molecule has 0 spiro atoms. The van der Waals surface area contributed by atoms with E-state index in [1.165, 1.54) is 5.75 Å². The molecule has 1 saturated heterocycles. The van der Waals surface area contributed by atoms with E-state index in [-0.39, 0.29) is 6.10 Å². The van der Waals surface area contributed by atoms with Crippen LogP contribution in [0.25, 0.3) is 0 Å². The Kier molecular flexibility index (Phi) is 6.85. The lowest BCUT2D eigenvalue weighted by molar-refractivity contribution is 0.0917. The maximum absolute atomic E-state index is 10.0. The van der Waals surface area contributed by atoms with Gasteiger partial charge in [-0.3, -0.25) is 4.90 Å². The molecule has 1 aliphatic rings. The van der Waals surface area contributed by atoms with E-state index in [1.54, 1.807) is 0 Å². The summed E-state index contributed by atoms with van der Waals surface area (Å²) in [5.41, 5.74) is 0. The SMILES string of the molecule is CC(C)CNCC(O)CN1CCSC(C)C1C. The van der Waals surface area contributed by atoms with Gasteiger partial charge in [-0.15, -0.1) is 0 Å². The van der Waals surface area contributed by atoms with Crippen molar-refractivity contribution in [2.75, 3.05) is 31.9 Å². The molecule has 0 bridgehead atoms. The van der Waals surface area contributed by atoms with Crippen molar-refractivity contribution in [2.45, 2.75) is 45.1 Å². The van der Waals surface area contributed by atoms with Gasteiger partial charge in [0.1, 0.15) is 0 Å². The highest BCUT2D eigenvalue weighted by Crippen LogP contribution is 2.23. The molecule has 3 atom stereocenters. The van der Waals surface area contributed by atoms with Crippen molar-refractivity contribution < 1.29 is 5.11 Å². The van der Waals surface area contributed by atoms with E-state index in [4.69, 9.17) is 0 Å². The normalized spacial score (nSPS) is 28.6. The number of rotatable bonds is 6. The molecule has 102 valence electrons. The van der Waals surface area contributed by atoms with Gasteiger partial charge in [0.25, 0.3) is 0 Å². The molecule has 3 unspecified atom stereocenters. The predicted octanol–water partition coefficient (Wildman–Crippen LogP) is 1.42. The van der Waals surface area contributed by atoms with Crippen LogP contribution in [0.3, 0.4) is 0 Å². The molecule has 0 aromatic rings. The Morgan fingerprint density at radius 2 is 2.06 bits per heavy atom. The molecule has 3 nitrogen and oxygen atoms in total. The fourth-order valence-corrected chi connectivity index (χ4v) is 3.29. The lowest BCUT2D eigenvalue weighted by atomic mass is 10.2. The van der Waals surface area contributed by atoms with E-state index < -0.39 is 0 Å². The van der Waals surface area contributed by atoms with E-state index in [2.05, 4.69) is 37.9 Å². The van der Waals surface area contributed by atoms with Crippen molar-refractivity contribution >= 4 is 11.8 Å². The lowest BCUT2D eigenvalue weighted by Gasteiger charge is -2.38. The zero-order chi connectivity index (χ0) is 12.8. The quantitative estimate of drug-likeness (QED) is 0.757. The Bertz CT molecular complexity index is 214. The van der Waals surface area contributed by atoms with Gasteiger partial charge in [-0.25, -0.2) is 0 Å². The molecular formula is C13H28N2OS. The minimum Gasteiger partial charge on any atom is -0.390 e. The zero-order valence-electron chi connectivity index (χ0n) is 11.6. The second-order valence-corrected chi connectivity index (χ2v) is 7.00. The van der Waals surface area contributed by atoms with Crippen LogP contribution in [0.5, 0.6) is 0 Å². The first kappa shape index (κ1) is 15.3. The van der Waals surface area contributed by atoms with E-state index in [0.29, 0.717) is 23.8 Å². The fourth-order valence-electron chi connectivity index (χ4n) is 2.13. The zero-order valence-corrected chi connectivity index (χ0v) is 12.5. The first-order valence-corrected chi connectivity index (χ1v) is 7.80. The smallest absolute Gasteiger partial charge is 0.0791 e. The maximum atomic E-state index is 10.0. The molecule has 1 heterocycles. The summed E-state index contributed by atoms with van der Waals surface area (Å²) in [6.45, 7) is 12.5. The largest absolute Gasteiger partial charge is 0.390 e. The molecule has 1 rings (SSSR count). The molecule has 1 aliphatic heterocycles. The number of nitrogens with zero attached hydrogens (tertiary/aromatic N) is 1. The van der Waals surface area contributed by atoms with Crippen LogP contribution in [0.2, 0.25) is 0 Å². The summed E-state index contributed by atoms with van der Waals surface area (Å²) >= 11 is 2.04. The van der Waals surface area contributed by atoms with Crippen molar-refractivity contribution in [3.8, 4) is 0 Å². The topological polar surface area (TPSA) is 35.5 Å². The number of hydrogen-bond donors (Lipinski definition) is 2. The van der Waals surface area contributed by atoms with E-state index in [1.807, 2.05) is 11.8 Å². The highest BCUT2D eigenvalue weighted by Gasteiger charge is 2.26. The van der Waals surface area contributed by atoms with Gasteiger partial charge in [-0.1, -0.05) is 20.8 Å². The van der Waals surface area contributed by atoms with Gasteiger partial charge >= 0.3 is 0 Å². The summed E-state index contributed by atoms with van der Waals surface area (Å²) in [5, 5.41) is 14.0. The molecule has 4 heteroatoms. The third kappa shape index (κ3) is 5.60. The van der Waals surface area contributed by atoms with Crippen molar-refractivity contribution in [2.24, 2.45) is 5.92 Å². The monoisotopic (exact) mass is 260 g/mol. The Morgan fingerprint density at radius 1 is 1.35 bits per heavy atom. The third-order valence-corrected chi connectivity index (χ3v) is 4.73. The van der Waals surface area contributed by atoms with Crippen molar-refractivity contribution in [1.29, 1.82) is 0 Å². The molecule has 0 radical (unpaired) electrons. The van der Waals surface area contributed by atoms with Crippen LogP contribution < -0.4 is 5.32 Å². The van der Waals surface area contributed by atoms with Crippen LogP contribution in [0.1, 0.15) is 27.7 Å². The van der Waals surface area contributed by atoms with Gasteiger partial charge in [-0.05, 0) is 19.4 Å². The molecule has 0 aromatic carbocycles. The molecule has 0 aromatic heterocycles. The summed E-state index contributed by atoms with van der Waals surface area (Å²) in [7, 11) is 0. The Labute approximate surface area is 110 Å². The summed E-state index contributed by atoms with van der Waals surface area (Å²) in [6, 6.07) is 0.577. The minimum absolute atomic E-state index is 0.244. The predicted molar refractivity (Wildman–Crippen MR) is 76.7 cm³/mol.